The number of halogens is 2. The lowest BCUT2D eigenvalue weighted by molar-refractivity contribution is -0.141. The third-order valence-electron chi connectivity index (χ3n) is 5.21. The molecular formula is C24H30ClFN2O2. The van der Waals surface area contributed by atoms with Crippen molar-refractivity contribution in [3.63, 3.8) is 0 Å². The van der Waals surface area contributed by atoms with Crippen LogP contribution in [0.15, 0.2) is 42.5 Å². The van der Waals surface area contributed by atoms with E-state index < -0.39 is 11.9 Å². The molecule has 2 amide bonds. The van der Waals surface area contributed by atoms with E-state index in [1.807, 2.05) is 52.0 Å². The fourth-order valence-corrected chi connectivity index (χ4v) is 3.55. The van der Waals surface area contributed by atoms with Crippen LogP contribution in [0.25, 0.3) is 0 Å². The van der Waals surface area contributed by atoms with Crippen LogP contribution in [0.4, 0.5) is 4.39 Å². The standard InChI is InChI=1S/C24H30ClFN2O2/c1-5-17(4)27-24(30)22(6-2)28(15-18-10-7-9-16(3)13-18)23(29)14-19-20(25)11-8-12-21(19)26/h7-13,17,22H,5-6,14-15H2,1-4H3,(H,27,30)/t17-,22+/m1/s1. The van der Waals surface area contributed by atoms with Gasteiger partial charge in [0.25, 0.3) is 0 Å². The van der Waals surface area contributed by atoms with E-state index in [1.54, 1.807) is 6.07 Å². The summed E-state index contributed by atoms with van der Waals surface area (Å²) in [5, 5.41) is 3.17. The number of rotatable bonds is 9. The Hall–Kier alpha value is -2.40. The van der Waals surface area contributed by atoms with Gasteiger partial charge < -0.3 is 10.2 Å². The summed E-state index contributed by atoms with van der Waals surface area (Å²) in [5.41, 5.74) is 2.13. The van der Waals surface area contributed by atoms with Crippen LogP contribution in [0.5, 0.6) is 0 Å². The van der Waals surface area contributed by atoms with E-state index in [-0.39, 0.29) is 41.4 Å². The Bertz CT molecular complexity index is 867. The minimum Gasteiger partial charge on any atom is -0.352 e. The molecular weight excluding hydrogens is 403 g/mol. The van der Waals surface area contributed by atoms with Crippen LogP contribution in [0.2, 0.25) is 5.02 Å². The maximum atomic E-state index is 14.3. The second-order valence-corrected chi connectivity index (χ2v) is 8.04. The monoisotopic (exact) mass is 432 g/mol. The number of benzene rings is 2. The van der Waals surface area contributed by atoms with Gasteiger partial charge in [0.1, 0.15) is 11.9 Å². The van der Waals surface area contributed by atoms with Gasteiger partial charge in [-0.3, -0.25) is 9.59 Å². The summed E-state index contributed by atoms with van der Waals surface area (Å²) in [4.78, 5) is 27.8. The molecule has 0 spiro atoms. The quantitative estimate of drug-likeness (QED) is 0.602. The first-order valence-corrected chi connectivity index (χ1v) is 10.7. The first-order chi connectivity index (χ1) is 14.3. The van der Waals surface area contributed by atoms with E-state index in [2.05, 4.69) is 5.32 Å². The number of carbonyl (C=O) groups excluding carboxylic acids is 2. The van der Waals surface area contributed by atoms with Crippen LogP contribution in [0.1, 0.15) is 50.3 Å². The zero-order chi connectivity index (χ0) is 22.3. The average molecular weight is 433 g/mol. The van der Waals surface area contributed by atoms with Crippen LogP contribution in [0, 0.1) is 12.7 Å². The number of nitrogens with zero attached hydrogens (tertiary/aromatic N) is 1. The van der Waals surface area contributed by atoms with Gasteiger partial charge in [0.05, 0.1) is 6.42 Å². The normalized spacial score (nSPS) is 12.9. The molecule has 30 heavy (non-hydrogen) atoms. The van der Waals surface area contributed by atoms with Crippen LogP contribution in [-0.4, -0.2) is 28.8 Å². The van der Waals surface area contributed by atoms with E-state index >= 15 is 0 Å². The van der Waals surface area contributed by atoms with Crippen molar-refractivity contribution in [2.75, 3.05) is 0 Å². The molecule has 2 rings (SSSR count). The van der Waals surface area contributed by atoms with E-state index in [0.717, 1.165) is 17.5 Å². The van der Waals surface area contributed by atoms with Crippen LogP contribution in [-0.2, 0) is 22.6 Å². The van der Waals surface area contributed by atoms with Crippen molar-refractivity contribution in [2.24, 2.45) is 0 Å². The number of hydrogen-bond acceptors (Lipinski definition) is 2. The largest absolute Gasteiger partial charge is 0.352 e. The second-order valence-electron chi connectivity index (χ2n) is 7.63. The topological polar surface area (TPSA) is 49.4 Å². The van der Waals surface area contributed by atoms with Gasteiger partial charge in [0.2, 0.25) is 11.8 Å². The summed E-state index contributed by atoms with van der Waals surface area (Å²) in [6, 6.07) is 11.5. The van der Waals surface area contributed by atoms with Gasteiger partial charge in [0.15, 0.2) is 0 Å². The van der Waals surface area contributed by atoms with Crippen LogP contribution < -0.4 is 5.32 Å². The smallest absolute Gasteiger partial charge is 0.243 e. The second kappa shape index (κ2) is 11.1. The molecule has 2 aromatic carbocycles. The van der Waals surface area contributed by atoms with E-state index in [1.165, 1.54) is 17.0 Å². The highest BCUT2D eigenvalue weighted by Crippen LogP contribution is 2.22. The van der Waals surface area contributed by atoms with E-state index in [0.29, 0.717) is 6.42 Å². The predicted octanol–water partition coefficient (Wildman–Crippen LogP) is 5.05. The first kappa shape index (κ1) is 23.9. The third kappa shape index (κ3) is 6.30. The maximum absolute atomic E-state index is 14.3. The molecule has 0 aliphatic rings. The van der Waals surface area contributed by atoms with Crippen molar-refractivity contribution in [2.45, 2.75) is 65.6 Å². The summed E-state index contributed by atoms with van der Waals surface area (Å²) in [6.45, 7) is 8.02. The zero-order valence-corrected chi connectivity index (χ0v) is 18.8. The zero-order valence-electron chi connectivity index (χ0n) is 18.0. The Morgan fingerprint density at radius 2 is 1.83 bits per heavy atom. The summed E-state index contributed by atoms with van der Waals surface area (Å²) in [5.74, 6) is -1.06. The van der Waals surface area contributed by atoms with E-state index in [9.17, 15) is 14.0 Å². The molecule has 0 bridgehead atoms. The number of aryl methyl sites for hydroxylation is 1. The van der Waals surface area contributed by atoms with Crippen molar-refractivity contribution in [3.8, 4) is 0 Å². The molecule has 2 atom stereocenters. The summed E-state index contributed by atoms with van der Waals surface area (Å²) >= 11 is 6.13. The van der Waals surface area contributed by atoms with E-state index in [4.69, 9.17) is 11.6 Å². The molecule has 0 aliphatic carbocycles. The van der Waals surface area contributed by atoms with Gasteiger partial charge in [-0.05, 0) is 44.4 Å². The minimum absolute atomic E-state index is 0.00323. The van der Waals surface area contributed by atoms with Crippen molar-refractivity contribution in [1.82, 2.24) is 10.2 Å². The lowest BCUT2D eigenvalue weighted by Gasteiger charge is -2.31. The molecule has 0 saturated heterocycles. The molecule has 2 aromatic rings. The average Bonchev–Trinajstić information content (AvgIpc) is 2.70. The number of amides is 2. The Kier molecular flexibility index (Phi) is 8.85. The molecule has 0 radical (unpaired) electrons. The van der Waals surface area contributed by atoms with Crippen molar-refractivity contribution >= 4 is 23.4 Å². The molecule has 0 heterocycles. The number of hydrogen-bond donors (Lipinski definition) is 1. The number of nitrogens with one attached hydrogen (secondary N) is 1. The highest BCUT2D eigenvalue weighted by molar-refractivity contribution is 6.31. The van der Waals surface area contributed by atoms with Crippen LogP contribution >= 0.6 is 11.6 Å². The molecule has 0 aromatic heterocycles. The molecule has 4 nitrogen and oxygen atoms in total. The van der Waals surface area contributed by atoms with Gasteiger partial charge in [-0.25, -0.2) is 4.39 Å². The predicted molar refractivity (Wildman–Crippen MR) is 119 cm³/mol. The summed E-state index contributed by atoms with van der Waals surface area (Å²) in [7, 11) is 0. The Morgan fingerprint density at radius 1 is 1.13 bits per heavy atom. The lowest BCUT2D eigenvalue weighted by atomic mass is 10.0. The molecule has 162 valence electrons. The fourth-order valence-electron chi connectivity index (χ4n) is 3.32. The SMILES string of the molecule is CC[C@@H](C)NC(=O)[C@H](CC)N(Cc1cccc(C)c1)C(=O)Cc1c(F)cccc1Cl. The van der Waals surface area contributed by atoms with Gasteiger partial charge in [-0.15, -0.1) is 0 Å². The summed E-state index contributed by atoms with van der Waals surface area (Å²) < 4.78 is 14.3. The van der Waals surface area contributed by atoms with Gasteiger partial charge >= 0.3 is 0 Å². The molecule has 0 aliphatic heterocycles. The Morgan fingerprint density at radius 3 is 2.43 bits per heavy atom. The van der Waals surface area contributed by atoms with Crippen molar-refractivity contribution < 1.29 is 14.0 Å². The molecule has 6 heteroatoms. The van der Waals surface area contributed by atoms with Crippen LogP contribution in [0.3, 0.4) is 0 Å². The molecule has 0 fully saturated rings. The molecule has 0 saturated carbocycles. The Balaban J connectivity index is 2.35. The van der Waals surface area contributed by atoms with Gasteiger partial charge in [0, 0.05) is 23.2 Å². The molecule has 1 N–H and O–H groups in total. The Labute approximate surface area is 183 Å². The van der Waals surface area contributed by atoms with Gasteiger partial charge in [-0.2, -0.15) is 0 Å². The maximum Gasteiger partial charge on any atom is 0.243 e. The van der Waals surface area contributed by atoms with Crippen molar-refractivity contribution in [3.05, 3.63) is 70.0 Å². The summed E-state index contributed by atoms with van der Waals surface area (Å²) in [6.07, 6.45) is 1.04. The lowest BCUT2D eigenvalue weighted by Crippen LogP contribution is -2.51. The molecule has 0 unspecified atom stereocenters. The van der Waals surface area contributed by atoms with Gasteiger partial charge in [-0.1, -0.05) is 61.3 Å². The number of carbonyl (C=O) groups is 2. The third-order valence-corrected chi connectivity index (χ3v) is 5.57. The minimum atomic E-state index is -0.655. The highest BCUT2D eigenvalue weighted by Gasteiger charge is 2.30. The highest BCUT2D eigenvalue weighted by atomic mass is 35.5. The first-order valence-electron chi connectivity index (χ1n) is 10.3. The fraction of sp³-hybridized carbons (Fsp3) is 0.417. The van der Waals surface area contributed by atoms with Crippen molar-refractivity contribution in [1.29, 1.82) is 0 Å².